The molecule has 0 bridgehead atoms. The van der Waals surface area contributed by atoms with Crippen LogP contribution in [0.1, 0.15) is 19.8 Å². The van der Waals surface area contributed by atoms with Crippen molar-refractivity contribution in [2.24, 2.45) is 0 Å². The maximum atomic E-state index is 13.4. The Morgan fingerprint density at radius 3 is 2.79 bits per heavy atom. The molecule has 19 heavy (non-hydrogen) atoms. The Hall–Kier alpha value is -1.62. The van der Waals surface area contributed by atoms with E-state index in [-0.39, 0.29) is 24.3 Å². The van der Waals surface area contributed by atoms with E-state index in [1.165, 1.54) is 12.1 Å². The lowest BCUT2D eigenvalue weighted by Gasteiger charge is -2.25. The average Bonchev–Trinajstić information content (AvgIpc) is 3.22. The van der Waals surface area contributed by atoms with E-state index in [1.807, 2.05) is 0 Å². The first-order valence-electron chi connectivity index (χ1n) is 6.46. The van der Waals surface area contributed by atoms with Gasteiger partial charge in [0.25, 0.3) is 5.91 Å². The summed E-state index contributed by atoms with van der Waals surface area (Å²) in [5.74, 6) is -0.620. The van der Waals surface area contributed by atoms with E-state index in [0.29, 0.717) is 6.54 Å². The fraction of sp³-hybridized carbons (Fsp3) is 0.500. The van der Waals surface area contributed by atoms with Crippen LogP contribution in [0.15, 0.2) is 24.3 Å². The Labute approximate surface area is 111 Å². The second-order valence-corrected chi connectivity index (χ2v) is 4.68. The Morgan fingerprint density at radius 2 is 2.21 bits per heavy atom. The Bertz CT molecular complexity index is 448. The number of aliphatic hydroxyl groups is 1. The smallest absolute Gasteiger partial charge is 0.263 e. The van der Waals surface area contributed by atoms with Crippen LogP contribution in [0.25, 0.3) is 0 Å². The summed E-state index contributed by atoms with van der Waals surface area (Å²) < 4.78 is 18.8. The largest absolute Gasteiger partial charge is 0.478 e. The van der Waals surface area contributed by atoms with Crippen molar-refractivity contribution in [1.82, 2.24) is 4.90 Å². The fourth-order valence-corrected chi connectivity index (χ4v) is 1.98. The predicted molar refractivity (Wildman–Crippen MR) is 68.3 cm³/mol. The quantitative estimate of drug-likeness (QED) is 0.851. The van der Waals surface area contributed by atoms with E-state index < -0.39 is 11.9 Å². The highest BCUT2D eigenvalue weighted by Crippen LogP contribution is 2.27. The number of ether oxygens (including phenoxy) is 1. The van der Waals surface area contributed by atoms with Crippen molar-refractivity contribution in [1.29, 1.82) is 0 Å². The Kier molecular flexibility index (Phi) is 4.37. The van der Waals surface area contributed by atoms with Gasteiger partial charge in [-0.15, -0.1) is 0 Å². The zero-order chi connectivity index (χ0) is 13.8. The number of hydrogen-bond donors (Lipinski definition) is 1. The lowest BCUT2D eigenvalue weighted by Crippen LogP contribution is -2.43. The van der Waals surface area contributed by atoms with Gasteiger partial charge in [0.2, 0.25) is 0 Å². The molecule has 0 radical (unpaired) electrons. The standard InChI is InChI=1S/C14H18FNO3/c1-10(19-13-5-3-2-4-12(13)15)14(18)16(8-9-17)11-6-7-11/h2-5,10-11,17H,6-9H2,1H3. The van der Waals surface area contributed by atoms with Crippen molar-refractivity contribution >= 4 is 5.91 Å². The molecule has 104 valence electrons. The number of hydrogen-bond acceptors (Lipinski definition) is 3. The van der Waals surface area contributed by atoms with Gasteiger partial charge < -0.3 is 14.7 Å². The Balaban J connectivity index is 2.00. The van der Waals surface area contributed by atoms with Gasteiger partial charge in [-0.25, -0.2) is 4.39 Å². The number of nitrogens with zero attached hydrogens (tertiary/aromatic N) is 1. The molecule has 1 saturated carbocycles. The van der Waals surface area contributed by atoms with Crippen LogP contribution in [-0.4, -0.2) is 41.2 Å². The van der Waals surface area contributed by atoms with Gasteiger partial charge in [0.05, 0.1) is 6.61 Å². The molecule has 0 spiro atoms. The third-order valence-corrected chi connectivity index (χ3v) is 3.10. The zero-order valence-electron chi connectivity index (χ0n) is 10.9. The molecule has 0 aromatic heterocycles. The number of carbonyl (C=O) groups excluding carboxylic acids is 1. The molecule has 1 fully saturated rings. The highest BCUT2D eigenvalue weighted by atomic mass is 19.1. The summed E-state index contributed by atoms with van der Waals surface area (Å²) in [6, 6.07) is 6.20. The van der Waals surface area contributed by atoms with Gasteiger partial charge >= 0.3 is 0 Å². The third kappa shape index (κ3) is 3.44. The van der Waals surface area contributed by atoms with Gasteiger partial charge in [-0.2, -0.15) is 0 Å². The number of rotatable bonds is 6. The van der Waals surface area contributed by atoms with Crippen molar-refractivity contribution in [3.8, 4) is 5.75 Å². The van der Waals surface area contributed by atoms with Gasteiger partial charge in [0, 0.05) is 12.6 Å². The van der Waals surface area contributed by atoms with Crippen LogP contribution in [0.4, 0.5) is 4.39 Å². The monoisotopic (exact) mass is 267 g/mol. The summed E-state index contributed by atoms with van der Waals surface area (Å²) in [5.41, 5.74) is 0. The average molecular weight is 267 g/mol. The van der Waals surface area contributed by atoms with Crippen molar-refractivity contribution in [2.45, 2.75) is 31.9 Å². The number of benzene rings is 1. The predicted octanol–water partition coefficient (Wildman–Crippen LogP) is 1.58. The van der Waals surface area contributed by atoms with Gasteiger partial charge in [-0.05, 0) is 31.9 Å². The molecule has 1 unspecified atom stereocenters. The lowest BCUT2D eigenvalue weighted by atomic mass is 10.3. The highest BCUT2D eigenvalue weighted by Gasteiger charge is 2.34. The minimum atomic E-state index is -0.760. The molecule has 1 N–H and O–H groups in total. The minimum Gasteiger partial charge on any atom is -0.478 e. The molecule has 1 aromatic rings. The maximum Gasteiger partial charge on any atom is 0.263 e. The summed E-state index contributed by atoms with van der Waals surface area (Å²) in [7, 11) is 0. The molecule has 1 aromatic carbocycles. The molecule has 1 aliphatic carbocycles. The molecular weight excluding hydrogens is 249 g/mol. The molecule has 0 saturated heterocycles. The summed E-state index contributed by atoms with van der Waals surface area (Å²) in [6.45, 7) is 1.82. The van der Waals surface area contributed by atoms with Crippen molar-refractivity contribution in [2.75, 3.05) is 13.2 Å². The summed E-state index contributed by atoms with van der Waals surface area (Å²) in [4.78, 5) is 13.8. The SMILES string of the molecule is CC(Oc1ccccc1F)C(=O)N(CCO)C1CC1. The zero-order valence-corrected chi connectivity index (χ0v) is 10.9. The first kappa shape index (κ1) is 13.8. The lowest BCUT2D eigenvalue weighted by molar-refractivity contribution is -0.139. The van der Waals surface area contributed by atoms with Crippen LogP contribution >= 0.6 is 0 Å². The molecule has 1 atom stereocenters. The van der Waals surface area contributed by atoms with Gasteiger partial charge in [0.15, 0.2) is 17.7 Å². The minimum absolute atomic E-state index is 0.0723. The van der Waals surface area contributed by atoms with Crippen LogP contribution in [0.5, 0.6) is 5.75 Å². The van der Waals surface area contributed by atoms with Gasteiger partial charge in [-0.3, -0.25) is 4.79 Å². The summed E-state index contributed by atoms with van der Waals surface area (Å²) in [5, 5.41) is 8.98. The molecule has 1 aliphatic rings. The molecule has 4 nitrogen and oxygen atoms in total. The Morgan fingerprint density at radius 1 is 1.53 bits per heavy atom. The number of amides is 1. The molecule has 0 heterocycles. The van der Waals surface area contributed by atoms with E-state index in [1.54, 1.807) is 24.0 Å². The number of carbonyl (C=O) groups is 1. The summed E-state index contributed by atoms with van der Waals surface area (Å²) in [6.07, 6.45) is 1.15. The number of para-hydroxylation sites is 1. The van der Waals surface area contributed by atoms with Crippen molar-refractivity contribution in [3.05, 3.63) is 30.1 Å². The third-order valence-electron chi connectivity index (χ3n) is 3.10. The number of aliphatic hydroxyl groups excluding tert-OH is 1. The fourth-order valence-electron chi connectivity index (χ4n) is 1.98. The van der Waals surface area contributed by atoms with Crippen LogP contribution < -0.4 is 4.74 Å². The molecule has 5 heteroatoms. The van der Waals surface area contributed by atoms with Crippen LogP contribution in [0.2, 0.25) is 0 Å². The maximum absolute atomic E-state index is 13.4. The number of halogens is 1. The first-order chi connectivity index (χ1) is 9.13. The van der Waals surface area contributed by atoms with Crippen LogP contribution in [0, 0.1) is 5.82 Å². The van der Waals surface area contributed by atoms with Crippen molar-refractivity contribution in [3.63, 3.8) is 0 Å². The molecule has 0 aliphatic heterocycles. The molecular formula is C14H18FNO3. The second-order valence-electron chi connectivity index (χ2n) is 4.68. The van der Waals surface area contributed by atoms with Crippen LogP contribution in [0.3, 0.4) is 0 Å². The van der Waals surface area contributed by atoms with Crippen LogP contribution in [-0.2, 0) is 4.79 Å². The first-order valence-corrected chi connectivity index (χ1v) is 6.46. The highest BCUT2D eigenvalue weighted by molar-refractivity contribution is 5.81. The topological polar surface area (TPSA) is 49.8 Å². The van der Waals surface area contributed by atoms with Gasteiger partial charge in [-0.1, -0.05) is 12.1 Å². The van der Waals surface area contributed by atoms with E-state index >= 15 is 0 Å². The second kappa shape index (κ2) is 6.02. The van der Waals surface area contributed by atoms with E-state index in [2.05, 4.69) is 0 Å². The normalized spacial score (nSPS) is 15.9. The molecule has 2 rings (SSSR count). The van der Waals surface area contributed by atoms with E-state index in [4.69, 9.17) is 9.84 Å². The molecule has 1 amide bonds. The van der Waals surface area contributed by atoms with E-state index in [9.17, 15) is 9.18 Å². The van der Waals surface area contributed by atoms with Gasteiger partial charge in [0.1, 0.15) is 0 Å². The summed E-state index contributed by atoms with van der Waals surface area (Å²) >= 11 is 0. The van der Waals surface area contributed by atoms with E-state index in [0.717, 1.165) is 12.8 Å². The van der Waals surface area contributed by atoms with Crippen molar-refractivity contribution < 1.29 is 19.0 Å².